The number of nitrogens with zero attached hydrogens (tertiary/aromatic N) is 2. The number of rotatable bonds is 3. The van der Waals surface area contributed by atoms with E-state index in [1.54, 1.807) is 11.4 Å². The zero-order chi connectivity index (χ0) is 14.8. The Morgan fingerprint density at radius 3 is 2.80 bits per heavy atom. The van der Waals surface area contributed by atoms with Crippen LogP contribution in [0.15, 0.2) is 17.2 Å². The molecule has 2 rings (SSSR count). The maximum atomic E-state index is 12.6. The van der Waals surface area contributed by atoms with E-state index in [1.165, 1.54) is 12.3 Å². The van der Waals surface area contributed by atoms with Crippen LogP contribution in [0.3, 0.4) is 0 Å². The van der Waals surface area contributed by atoms with Crippen molar-refractivity contribution in [2.75, 3.05) is 25.5 Å². The van der Waals surface area contributed by atoms with Gasteiger partial charge in [0.2, 0.25) is 10.0 Å². The Labute approximate surface area is 125 Å². The number of halogens is 1. The highest BCUT2D eigenvalue weighted by Gasteiger charge is 2.27. The molecule has 1 aliphatic heterocycles. The van der Waals surface area contributed by atoms with E-state index in [4.69, 9.17) is 11.6 Å². The maximum Gasteiger partial charge on any atom is 0.244 e. The summed E-state index contributed by atoms with van der Waals surface area (Å²) in [4.78, 5) is 4.21. The summed E-state index contributed by atoms with van der Waals surface area (Å²) in [6, 6.07) is 1.46. The molecule has 1 N–H and O–H groups in total. The van der Waals surface area contributed by atoms with E-state index in [0.717, 1.165) is 19.3 Å². The minimum Gasteiger partial charge on any atom is -0.372 e. The van der Waals surface area contributed by atoms with Crippen molar-refractivity contribution in [3.05, 3.63) is 17.3 Å². The summed E-state index contributed by atoms with van der Waals surface area (Å²) >= 11 is 6.02. The third-order valence-corrected chi connectivity index (χ3v) is 5.82. The third kappa shape index (κ3) is 3.24. The second kappa shape index (κ2) is 6.28. The topological polar surface area (TPSA) is 62.3 Å². The van der Waals surface area contributed by atoms with Gasteiger partial charge >= 0.3 is 0 Å². The van der Waals surface area contributed by atoms with Crippen LogP contribution in [0.1, 0.15) is 26.2 Å². The van der Waals surface area contributed by atoms with E-state index in [1.807, 2.05) is 0 Å². The lowest BCUT2D eigenvalue weighted by atomic mass is 10.0. The number of anilines is 1. The Balaban J connectivity index is 2.27. The summed E-state index contributed by atoms with van der Waals surface area (Å²) in [7, 11) is -1.80. The second-order valence-electron chi connectivity index (χ2n) is 5.19. The fourth-order valence-electron chi connectivity index (χ4n) is 2.37. The molecule has 0 saturated carbocycles. The number of hydrogen-bond acceptors (Lipinski definition) is 4. The molecular weight excluding hydrogens is 298 g/mol. The van der Waals surface area contributed by atoms with E-state index in [0.29, 0.717) is 29.8 Å². The Morgan fingerprint density at radius 1 is 1.40 bits per heavy atom. The van der Waals surface area contributed by atoms with Gasteiger partial charge in [-0.25, -0.2) is 13.4 Å². The summed E-state index contributed by atoms with van der Waals surface area (Å²) in [5.41, 5.74) is 0. The molecular formula is C13H20ClN3O2S. The lowest BCUT2D eigenvalue weighted by Gasteiger charge is -2.20. The summed E-state index contributed by atoms with van der Waals surface area (Å²) in [5.74, 6) is 1.05. The van der Waals surface area contributed by atoms with Gasteiger partial charge in [-0.1, -0.05) is 18.5 Å². The van der Waals surface area contributed by atoms with Gasteiger partial charge in [0.05, 0.1) is 5.02 Å². The molecule has 0 bridgehead atoms. The average molecular weight is 318 g/mol. The molecule has 20 heavy (non-hydrogen) atoms. The van der Waals surface area contributed by atoms with Crippen molar-refractivity contribution >= 4 is 27.4 Å². The number of sulfonamides is 1. The van der Waals surface area contributed by atoms with Crippen molar-refractivity contribution in [1.29, 1.82) is 0 Å². The van der Waals surface area contributed by atoms with Crippen LogP contribution >= 0.6 is 11.6 Å². The lowest BCUT2D eigenvalue weighted by molar-refractivity contribution is 0.416. The van der Waals surface area contributed by atoms with Crippen molar-refractivity contribution < 1.29 is 8.42 Å². The molecule has 1 aromatic rings. The minimum absolute atomic E-state index is 0.163. The first-order valence-electron chi connectivity index (χ1n) is 6.78. The monoisotopic (exact) mass is 317 g/mol. The first-order chi connectivity index (χ1) is 9.45. The van der Waals surface area contributed by atoms with Crippen LogP contribution < -0.4 is 5.32 Å². The highest BCUT2D eigenvalue weighted by molar-refractivity contribution is 7.89. The van der Waals surface area contributed by atoms with Gasteiger partial charge in [0.15, 0.2) is 0 Å². The van der Waals surface area contributed by atoms with Crippen LogP contribution in [0.4, 0.5) is 5.82 Å². The standard InChI is InChI=1S/C13H20ClN3O2S/c1-10-4-3-6-17(7-5-10)20(18,19)11-8-12(14)13(15-2)16-9-11/h8-10H,3-7H2,1-2H3,(H,15,16). The zero-order valence-corrected chi connectivity index (χ0v) is 13.3. The van der Waals surface area contributed by atoms with Gasteiger partial charge in [0.1, 0.15) is 10.7 Å². The molecule has 7 heteroatoms. The molecule has 1 aliphatic rings. The largest absolute Gasteiger partial charge is 0.372 e. The molecule has 1 fully saturated rings. The van der Waals surface area contributed by atoms with Crippen LogP contribution in [0, 0.1) is 5.92 Å². The predicted molar refractivity (Wildman–Crippen MR) is 80.6 cm³/mol. The molecule has 0 spiro atoms. The van der Waals surface area contributed by atoms with Crippen molar-refractivity contribution in [2.45, 2.75) is 31.1 Å². The van der Waals surface area contributed by atoms with Gasteiger partial charge in [0, 0.05) is 26.3 Å². The van der Waals surface area contributed by atoms with Gasteiger partial charge in [-0.15, -0.1) is 0 Å². The first kappa shape index (κ1) is 15.5. The van der Waals surface area contributed by atoms with Crippen LogP contribution in [-0.2, 0) is 10.0 Å². The molecule has 0 amide bonds. The average Bonchev–Trinajstić information content (AvgIpc) is 2.63. The van der Waals surface area contributed by atoms with Gasteiger partial charge in [-0.2, -0.15) is 4.31 Å². The van der Waals surface area contributed by atoms with E-state index >= 15 is 0 Å². The summed E-state index contributed by atoms with van der Waals surface area (Å²) < 4.78 is 26.8. The second-order valence-corrected chi connectivity index (χ2v) is 7.54. The molecule has 0 aromatic carbocycles. The number of pyridine rings is 1. The Hall–Kier alpha value is -0.850. The third-order valence-electron chi connectivity index (χ3n) is 3.67. The first-order valence-corrected chi connectivity index (χ1v) is 8.60. The molecule has 0 aliphatic carbocycles. The molecule has 5 nitrogen and oxygen atoms in total. The Kier molecular flexibility index (Phi) is 4.88. The molecule has 0 radical (unpaired) electrons. The van der Waals surface area contributed by atoms with E-state index in [2.05, 4.69) is 17.2 Å². The van der Waals surface area contributed by atoms with E-state index in [9.17, 15) is 8.42 Å². The number of nitrogens with one attached hydrogen (secondary N) is 1. The van der Waals surface area contributed by atoms with Crippen molar-refractivity contribution in [3.8, 4) is 0 Å². The number of hydrogen-bond donors (Lipinski definition) is 1. The van der Waals surface area contributed by atoms with Gasteiger partial charge in [-0.3, -0.25) is 0 Å². The van der Waals surface area contributed by atoms with Crippen molar-refractivity contribution in [1.82, 2.24) is 9.29 Å². The van der Waals surface area contributed by atoms with Crippen LogP contribution in [-0.4, -0.2) is 37.8 Å². The van der Waals surface area contributed by atoms with Gasteiger partial charge in [0.25, 0.3) is 0 Å². The summed E-state index contributed by atoms with van der Waals surface area (Å²) in [6.45, 7) is 3.29. The van der Waals surface area contributed by atoms with Crippen molar-refractivity contribution in [2.24, 2.45) is 5.92 Å². The molecule has 1 atom stereocenters. The summed E-state index contributed by atoms with van der Waals surface area (Å²) in [5, 5.41) is 3.13. The molecule has 1 saturated heterocycles. The predicted octanol–water partition coefficient (Wildman–Crippen LogP) is 2.59. The van der Waals surface area contributed by atoms with Gasteiger partial charge < -0.3 is 5.32 Å². The van der Waals surface area contributed by atoms with Crippen LogP contribution in [0.5, 0.6) is 0 Å². The van der Waals surface area contributed by atoms with E-state index < -0.39 is 10.0 Å². The SMILES string of the molecule is CNc1ncc(S(=O)(=O)N2CCCC(C)CC2)cc1Cl. The van der Waals surface area contributed by atoms with Crippen LogP contribution in [0.2, 0.25) is 5.02 Å². The Bertz CT molecular complexity index is 577. The molecule has 1 aromatic heterocycles. The fourth-order valence-corrected chi connectivity index (χ4v) is 4.16. The maximum absolute atomic E-state index is 12.6. The zero-order valence-electron chi connectivity index (χ0n) is 11.8. The summed E-state index contributed by atoms with van der Waals surface area (Å²) in [6.07, 6.45) is 4.23. The van der Waals surface area contributed by atoms with Gasteiger partial charge in [-0.05, 0) is 31.2 Å². The highest BCUT2D eigenvalue weighted by atomic mass is 35.5. The normalized spacial score (nSPS) is 21.4. The molecule has 112 valence electrons. The quantitative estimate of drug-likeness (QED) is 0.930. The smallest absolute Gasteiger partial charge is 0.244 e. The Morgan fingerprint density at radius 2 is 2.15 bits per heavy atom. The number of aromatic nitrogens is 1. The lowest BCUT2D eigenvalue weighted by Crippen LogP contribution is -2.32. The highest BCUT2D eigenvalue weighted by Crippen LogP contribution is 2.26. The van der Waals surface area contributed by atoms with E-state index in [-0.39, 0.29) is 4.90 Å². The van der Waals surface area contributed by atoms with Crippen molar-refractivity contribution in [3.63, 3.8) is 0 Å². The molecule has 1 unspecified atom stereocenters. The fraction of sp³-hybridized carbons (Fsp3) is 0.615. The molecule has 2 heterocycles. The minimum atomic E-state index is -3.50. The van der Waals surface area contributed by atoms with Crippen LogP contribution in [0.25, 0.3) is 0 Å².